The highest BCUT2D eigenvalue weighted by molar-refractivity contribution is 5.92. The molecule has 0 heterocycles. The second-order valence-corrected chi connectivity index (χ2v) is 7.32. The lowest BCUT2D eigenvalue weighted by Gasteiger charge is -2.14. The van der Waals surface area contributed by atoms with E-state index >= 15 is 0 Å². The van der Waals surface area contributed by atoms with Gasteiger partial charge in [-0.2, -0.15) is 0 Å². The molecule has 0 saturated heterocycles. The molecule has 0 aromatic heterocycles. The molecule has 7 nitrogen and oxygen atoms in total. The summed E-state index contributed by atoms with van der Waals surface area (Å²) in [4.78, 5) is 24.3. The number of carbonyl (C=O) groups excluding carboxylic acids is 2. The molecule has 0 unspecified atom stereocenters. The fourth-order valence-electron chi connectivity index (χ4n) is 2.68. The summed E-state index contributed by atoms with van der Waals surface area (Å²) in [6.45, 7) is 7.03. The molecule has 0 aliphatic carbocycles. The van der Waals surface area contributed by atoms with Gasteiger partial charge >= 0.3 is 5.97 Å². The lowest BCUT2D eigenvalue weighted by molar-refractivity contribution is -0.124. The molecule has 31 heavy (non-hydrogen) atoms. The first-order valence-electron chi connectivity index (χ1n) is 10.4. The standard InChI is InChI=1S/C24H31NO6/c1-5-29-22-14-19(8-11-21(22)30-15-17(2)3)24(27)31-16-23(26)25-13-12-18-6-9-20(28-4)10-7-18/h6-11,14,17H,5,12-13,15-16H2,1-4H3,(H,25,26). The molecule has 0 saturated carbocycles. The van der Waals surface area contributed by atoms with Crippen LogP contribution in [0.2, 0.25) is 0 Å². The first-order valence-corrected chi connectivity index (χ1v) is 10.4. The average Bonchev–Trinajstić information content (AvgIpc) is 2.77. The minimum absolute atomic E-state index is 0.298. The Morgan fingerprint density at radius 1 is 1.00 bits per heavy atom. The summed E-state index contributed by atoms with van der Waals surface area (Å²) in [6.07, 6.45) is 0.666. The summed E-state index contributed by atoms with van der Waals surface area (Å²) in [7, 11) is 1.61. The van der Waals surface area contributed by atoms with E-state index in [-0.39, 0.29) is 12.5 Å². The number of hydrogen-bond acceptors (Lipinski definition) is 6. The molecule has 1 amide bonds. The van der Waals surface area contributed by atoms with E-state index in [0.717, 1.165) is 11.3 Å². The van der Waals surface area contributed by atoms with Crippen molar-refractivity contribution in [2.75, 3.05) is 33.5 Å². The number of benzene rings is 2. The van der Waals surface area contributed by atoms with Crippen LogP contribution >= 0.6 is 0 Å². The largest absolute Gasteiger partial charge is 0.497 e. The quantitative estimate of drug-likeness (QED) is 0.519. The Morgan fingerprint density at radius 3 is 2.39 bits per heavy atom. The van der Waals surface area contributed by atoms with E-state index in [1.54, 1.807) is 25.3 Å². The molecular weight excluding hydrogens is 398 g/mol. The maximum absolute atomic E-state index is 12.3. The van der Waals surface area contributed by atoms with Crippen LogP contribution in [0.3, 0.4) is 0 Å². The maximum Gasteiger partial charge on any atom is 0.338 e. The van der Waals surface area contributed by atoms with E-state index in [0.29, 0.717) is 49.2 Å². The van der Waals surface area contributed by atoms with Gasteiger partial charge in [-0.25, -0.2) is 4.79 Å². The molecule has 0 bridgehead atoms. The van der Waals surface area contributed by atoms with Crippen molar-refractivity contribution in [3.63, 3.8) is 0 Å². The van der Waals surface area contributed by atoms with Crippen LogP contribution < -0.4 is 19.5 Å². The lowest BCUT2D eigenvalue weighted by atomic mass is 10.1. The van der Waals surface area contributed by atoms with Crippen molar-refractivity contribution in [3.8, 4) is 17.2 Å². The highest BCUT2D eigenvalue weighted by atomic mass is 16.5. The van der Waals surface area contributed by atoms with Crippen molar-refractivity contribution in [2.24, 2.45) is 5.92 Å². The van der Waals surface area contributed by atoms with Gasteiger partial charge in [0.05, 0.1) is 25.9 Å². The van der Waals surface area contributed by atoms with Gasteiger partial charge in [-0.1, -0.05) is 26.0 Å². The van der Waals surface area contributed by atoms with E-state index in [9.17, 15) is 9.59 Å². The summed E-state index contributed by atoms with van der Waals surface area (Å²) in [6, 6.07) is 12.5. The van der Waals surface area contributed by atoms with E-state index < -0.39 is 5.97 Å². The lowest BCUT2D eigenvalue weighted by Crippen LogP contribution is -2.30. The highest BCUT2D eigenvalue weighted by Gasteiger charge is 2.14. The molecule has 2 rings (SSSR count). The van der Waals surface area contributed by atoms with Crippen LogP contribution in [0.1, 0.15) is 36.7 Å². The van der Waals surface area contributed by atoms with Crippen LogP contribution in [-0.4, -0.2) is 45.4 Å². The monoisotopic (exact) mass is 429 g/mol. The second-order valence-electron chi connectivity index (χ2n) is 7.32. The molecule has 0 atom stereocenters. The van der Waals surface area contributed by atoms with Crippen molar-refractivity contribution in [3.05, 3.63) is 53.6 Å². The molecule has 2 aromatic rings. The molecule has 2 aromatic carbocycles. The fraction of sp³-hybridized carbons (Fsp3) is 0.417. The van der Waals surface area contributed by atoms with Gasteiger partial charge in [0.2, 0.25) is 0 Å². The minimum Gasteiger partial charge on any atom is -0.497 e. The van der Waals surface area contributed by atoms with Crippen molar-refractivity contribution >= 4 is 11.9 Å². The van der Waals surface area contributed by atoms with Crippen molar-refractivity contribution in [1.29, 1.82) is 0 Å². The van der Waals surface area contributed by atoms with Crippen molar-refractivity contribution in [1.82, 2.24) is 5.32 Å². The molecule has 0 spiro atoms. The van der Waals surface area contributed by atoms with Crippen LogP contribution in [0.25, 0.3) is 0 Å². The van der Waals surface area contributed by atoms with Gasteiger partial charge in [-0.05, 0) is 55.2 Å². The van der Waals surface area contributed by atoms with Crippen LogP contribution in [0.15, 0.2) is 42.5 Å². The predicted octanol–water partition coefficient (Wildman–Crippen LogP) is 3.64. The van der Waals surface area contributed by atoms with Gasteiger partial charge < -0.3 is 24.3 Å². The normalized spacial score (nSPS) is 10.5. The van der Waals surface area contributed by atoms with E-state index in [1.807, 2.05) is 45.0 Å². The first-order chi connectivity index (χ1) is 14.9. The highest BCUT2D eigenvalue weighted by Crippen LogP contribution is 2.29. The molecule has 0 fully saturated rings. The summed E-state index contributed by atoms with van der Waals surface area (Å²) in [5.74, 6) is 1.24. The first kappa shape index (κ1) is 24.1. The zero-order valence-corrected chi connectivity index (χ0v) is 18.6. The summed E-state index contributed by atoms with van der Waals surface area (Å²) < 4.78 is 21.6. The summed E-state index contributed by atoms with van der Waals surface area (Å²) >= 11 is 0. The predicted molar refractivity (Wildman–Crippen MR) is 118 cm³/mol. The fourth-order valence-corrected chi connectivity index (χ4v) is 2.68. The Morgan fingerprint density at radius 2 is 1.74 bits per heavy atom. The van der Waals surface area contributed by atoms with Gasteiger partial charge in [0.15, 0.2) is 18.1 Å². The van der Waals surface area contributed by atoms with Gasteiger partial charge in [0, 0.05) is 6.54 Å². The van der Waals surface area contributed by atoms with E-state index in [2.05, 4.69) is 5.32 Å². The van der Waals surface area contributed by atoms with Gasteiger partial charge in [-0.15, -0.1) is 0 Å². The Hall–Kier alpha value is -3.22. The zero-order valence-electron chi connectivity index (χ0n) is 18.6. The number of esters is 1. The van der Waals surface area contributed by atoms with E-state index in [1.165, 1.54) is 0 Å². The number of amides is 1. The number of rotatable bonds is 12. The summed E-state index contributed by atoms with van der Waals surface area (Å²) in [5.41, 5.74) is 1.37. The number of carbonyl (C=O) groups is 2. The third-order valence-corrected chi connectivity index (χ3v) is 4.28. The molecule has 168 valence electrons. The molecule has 0 radical (unpaired) electrons. The average molecular weight is 430 g/mol. The smallest absolute Gasteiger partial charge is 0.338 e. The van der Waals surface area contributed by atoms with Crippen LogP contribution in [0.5, 0.6) is 17.2 Å². The summed E-state index contributed by atoms with van der Waals surface area (Å²) in [5, 5.41) is 2.74. The third-order valence-electron chi connectivity index (χ3n) is 4.28. The Labute approximate surface area is 183 Å². The molecule has 7 heteroatoms. The second kappa shape index (κ2) is 12.5. The van der Waals surface area contributed by atoms with Crippen LogP contribution in [-0.2, 0) is 16.0 Å². The molecule has 1 N–H and O–H groups in total. The van der Waals surface area contributed by atoms with Crippen LogP contribution in [0, 0.1) is 5.92 Å². The number of nitrogens with one attached hydrogen (secondary N) is 1. The van der Waals surface area contributed by atoms with Gasteiger partial charge in [-0.3, -0.25) is 4.79 Å². The van der Waals surface area contributed by atoms with Gasteiger partial charge in [0.1, 0.15) is 5.75 Å². The van der Waals surface area contributed by atoms with Crippen molar-refractivity contribution < 1.29 is 28.5 Å². The zero-order chi connectivity index (χ0) is 22.6. The van der Waals surface area contributed by atoms with E-state index in [4.69, 9.17) is 18.9 Å². The van der Waals surface area contributed by atoms with Gasteiger partial charge in [0.25, 0.3) is 5.91 Å². The number of methoxy groups -OCH3 is 1. The Bertz CT molecular complexity index is 848. The topological polar surface area (TPSA) is 83.1 Å². The number of ether oxygens (including phenoxy) is 4. The Kier molecular flexibility index (Phi) is 9.68. The molecule has 0 aliphatic rings. The Balaban J connectivity index is 1.82. The van der Waals surface area contributed by atoms with Crippen molar-refractivity contribution in [2.45, 2.75) is 27.2 Å². The number of hydrogen-bond donors (Lipinski definition) is 1. The maximum atomic E-state index is 12.3. The molecular formula is C24H31NO6. The van der Waals surface area contributed by atoms with Crippen LogP contribution in [0.4, 0.5) is 0 Å². The molecule has 0 aliphatic heterocycles. The minimum atomic E-state index is -0.596. The third kappa shape index (κ3) is 8.20. The SMILES string of the molecule is CCOc1cc(C(=O)OCC(=O)NCCc2ccc(OC)cc2)ccc1OCC(C)C.